The van der Waals surface area contributed by atoms with Crippen LogP contribution in [0.25, 0.3) is 0 Å². The largest absolute Gasteiger partial charge is 0.340 e. The average molecular weight is 326 g/mol. The van der Waals surface area contributed by atoms with E-state index < -0.39 is 0 Å². The maximum Gasteiger partial charge on any atom is 0.223 e. The van der Waals surface area contributed by atoms with Crippen molar-refractivity contribution in [3.8, 4) is 0 Å². The zero-order valence-electron chi connectivity index (χ0n) is 14.6. The highest BCUT2D eigenvalue weighted by Gasteiger charge is 2.33. The summed E-state index contributed by atoms with van der Waals surface area (Å²) in [5.41, 5.74) is 3.11. The fourth-order valence-electron chi connectivity index (χ4n) is 4.28. The van der Waals surface area contributed by atoms with E-state index >= 15 is 0 Å². The number of fused-ring (bicyclic) bond motifs is 1. The summed E-state index contributed by atoms with van der Waals surface area (Å²) in [5, 5.41) is 4.02. The van der Waals surface area contributed by atoms with Crippen LogP contribution in [0.1, 0.15) is 48.1 Å². The molecule has 1 aliphatic heterocycles. The number of nitrogens with zero attached hydrogens (tertiary/aromatic N) is 4. The molecule has 2 aliphatic rings. The van der Waals surface area contributed by atoms with Gasteiger partial charge in [-0.15, -0.1) is 0 Å². The molecule has 1 aliphatic carbocycles. The Bertz CT molecular complexity index is 698. The predicted molar refractivity (Wildman–Crippen MR) is 92.6 cm³/mol. The number of benzene rings is 1. The first-order valence-electron chi connectivity index (χ1n) is 9.02. The van der Waals surface area contributed by atoms with Crippen LogP contribution in [0.4, 0.5) is 0 Å². The molecule has 1 aromatic carbocycles. The molecule has 0 radical (unpaired) electrons. The van der Waals surface area contributed by atoms with E-state index in [2.05, 4.69) is 51.3 Å². The van der Waals surface area contributed by atoms with Crippen LogP contribution < -0.4 is 0 Å². The fraction of sp³-hybridized carbons (Fsp3) is 0.579. The van der Waals surface area contributed by atoms with Crippen molar-refractivity contribution in [1.82, 2.24) is 19.9 Å². The Kier molecular flexibility index (Phi) is 4.37. The molecule has 2 heterocycles. The van der Waals surface area contributed by atoms with Crippen molar-refractivity contribution >= 4 is 0 Å². The summed E-state index contributed by atoms with van der Waals surface area (Å²) in [6.45, 7) is 4.91. The van der Waals surface area contributed by atoms with E-state index in [1.54, 1.807) is 11.1 Å². The zero-order valence-corrected chi connectivity index (χ0v) is 14.6. The van der Waals surface area contributed by atoms with Crippen molar-refractivity contribution in [1.29, 1.82) is 0 Å². The summed E-state index contributed by atoms with van der Waals surface area (Å²) < 4.78 is 5.09. The van der Waals surface area contributed by atoms with Gasteiger partial charge in [-0.25, -0.2) is 0 Å². The van der Waals surface area contributed by atoms with Gasteiger partial charge in [0, 0.05) is 32.1 Å². The van der Waals surface area contributed by atoms with Gasteiger partial charge in [-0.1, -0.05) is 29.4 Å². The lowest BCUT2D eigenvalue weighted by atomic mass is 9.87. The van der Waals surface area contributed by atoms with Gasteiger partial charge in [-0.2, -0.15) is 4.98 Å². The molecule has 24 heavy (non-hydrogen) atoms. The van der Waals surface area contributed by atoms with Crippen LogP contribution in [0.2, 0.25) is 0 Å². The molecule has 1 aromatic heterocycles. The normalized spacial score (nSPS) is 24.5. The number of hydrogen-bond acceptors (Lipinski definition) is 5. The minimum absolute atomic E-state index is 0.567. The smallest absolute Gasteiger partial charge is 0.223 e. The van der Waals surface area contributed by atoms with Crippen molar-refractivity contribution in [3.63, 3.8) is 0 Å². The lowest BCUT2D eigenvalue weighted by Crippen LogP contribution is -2.36. The van der Waals surface area contributed by atoms with E-state index in [0.29, 0.717) is 18.0 Å². The third-order valence-electron chi connectivity index (χ3n) is 5.56. The Balaban J connectivity index is 1.41. The Labute approximate surface area is 143 Å². The molecule has 0 spiro atoms. The van der Waals surface area contributed by atoms with Crippen molar-refractivity contribution < 1.29 is 4.52 Å². The SMILES string of the molecule is Cc1nc(CN(C)[C@@H]2CCN([C@@H]3CCCc4ccccc43)C2)no1. The number of likely N-dealkylation sites (tertiary alicyclic amines) is 1. The molecule has 4 rings (SSSR count). The van der Waals surface area contributed by atoms with Gasteiger partial charge in [0.15, 0.2) is 5.82 Å². The Morgan fingerprint density at radius 1 is 1.29 bits per heavy atom. The highest BCUT2D eigenvalue weighted by molar-refractivity contribution is 5.32. The second-order valence-electron chi connectivity index (χ2n) is 7.19. The van der Waals surface area contributed by atoms with Gasteiger partial charge < -0.3 is 4.52 Å². The summed E-state index contributed by atoms with van der Waals surface area (Å²) in [5.74, 6) is 1.43. The van der Waals surface area contributed by atoms with Gasteiger partial charge in [-0.05, 0) is 43.9 Å². The Morgan fingerprint density at radius 3 is 3.00 bits per heavy atom. The Hall–Kier alpha value is -1.72. The molecule has 2 atom stereocenters. The first-order chi connectivity index (χ1) is 11.7. The quantitative estimate of drug-likeness (QED) is 0.864. The van der Waals surface area contributed by atoms with Crippen LogP contribution in [0.5, 0.6) is 0 Å². The molecule has 0 amide bonds. The van der Waals surface area contributed by atoms with Gasteiger partial charge in [0.2, 0.25) is 5.89 Å². The molecule has 0 bridgehead atoms. The van der Waals surface area contributed by atoms with Crippen LogP contribution in [-0.2, 0) is 13.0 Å². The van der Waals surface area contributed by atoms with Gasteiger partial charge in [-0.3, -0.25) is 9.80 Å². The van der Waals surface area contributed by atoms with E-state index in [0.717, 1.165) is 18.9 Å². The highest BCUT2D eigenvalue weighted by atomic mass is 16.5. The number of likely N-dealkylation sites (N-methyl/N-ethyl adjacent to an activating group) is 1. The van der Waals surface area contributed by atoms with E-state index in [-0.39, 0.29) is 0 Å². The molecule has 0 saturated carbocycles. The van der Waals surface area contributed by atoms with Crippen LogP contribution in [0.3, 0.4) is 0 Å². The molecule has 0 unspecified atom stereocenters. The number of aromatic nitrogens is 2. The minimum atomic E-state index is 0.567. The maximum absolute atomic E-state index is 5.09. The molecule has 5 nitrogen and oxygen atoms in total. The summed E-state index contributed by atoms with van der Waals surface area (Å²) in [6.07, 6.45) is 5.05. The topological polar surface area (TPSA) is 45.4 Å². The average Bonchev–Trinajstić information content (AvgIpc) is 3.23. The van der Waals surface area contributed by atoms with Crippen LogP contribution in [0.15, 0.2) is 28.8 Å². The van der Waals surface area contributed by atoms with Crippen LogP contribution in [0, 0.1) is 6.92 Å². The van der Waals surface area contributed by atoms with Crippen molar-refractivity contribution in [2.75, 3.05) is 20.1 Å². The van der Waals surface area contributed by atoms with Crippen LogP contribution in [-0.4, -0.2) is 46.1 Å². The van der Waals surface area contributed by atoms with E-state index in [9.17, 15) is 0 Å². The molecule has 5 heteroatoms. The second-order valence-corrected chi connectivity index (χ2v) is 7.19. The first kappa shape index (κ1) is 15.8. The zero-order chi connectivity index (χ0) is 16.5. The standard InChI is InChI=1S/C19H26N4O/c1-14-20-19(21-24-14)13-22(2)16-10-11-23(12-16)18-9-5-7-15-6-3-4-8-17(15)18/h3-4,6,8,16,18H,5,7,9-13H2,1-2H3/t16-,18-/m1/s1. The third-order valence-corrected chi connectivity index (χ3v) is 5.56. The van der Waals surface area contributed by atoms with E-state index in [1.807, 2.05) is 6.92 Å². The summed E-state index contributed by atoms with van der Waals surface area (Å²) in [4.78, 5) is 9.38. The number of aryl methyl sites for hydroxylation is 2. The number of hydrogen-bond donors (Lipinski definition) is 0. The number of rotatable bonds is 4. The molecular formula is C19H26N4O. The third kappa shape index (κ3) is 3.10. The van der Waals surface area contributed by atoms with Crippen molar-refractivity contribution in [2.45, 2.75) is 51.2 Å². The second kappa shape index (κ2) is 6.65. The molecule has 1 fully saturated rings. The van der Waals surface area contributed by atoms with Gasteiger partial charge >= 0.3 is 0 Å². The Morgan fingerprint density at radius 2 is 2.17 bits per heavy atom. The van der Waals surface area contributed by atoms with Crippen molar-refractivity contribution in [2.24, 2.45) is 0 Å². The molecule has 1 saturated heterocycles. The fourth-order valence-corrected chi connectivity index (χ4v) is 4.28. The lowest BCUT2D eigenvalue weighted by molar-refractivity contribution is 0.181. The summed E-state index contributed by atoms with van der Waals surface area (Å²) in [7, 11) is 2.18. The maximum atomic E-state index is 5.09. The highest BCUT2D eigenvalue weighted by Crippen LogP contribution is 2.36. The van der Waals surface area contributed by atoms with Crippen molar-refractivity contribution in [3.05, 3.63) is 47.1 Å². The molecular weight excluding hydrogens is 300 g/mol. The first-order valence-corrected chi connectivity index (χ1v) is 9.02. The molecule has 0 N–H and O–H groups in total. The predicted octanol–water partition coefficient (Wildman–Crippen LogP) is 2.96. The molecule has 2 aromatic rings. The lowest BCUT2D eigenvalue weighted by Gasteiger charge is -2.34. The van der Waals surface area contributed by atoms with Gasteiger partial charge in [0.1, 0.15) is 0 Å². The van der Waals surface area contributed by atoms with Crippen LogP contribution >= 0.6 is 0 Å². The van der Waals surface area contributed by atoms with E-state index in [4.69, 9.17) is 4.52 Å². The molecule has 128 valence electrons. The minimum Gasteiger partial charge on any atom is -0.340 e. The monoisotopic (exact) mass is 326 g/mol. The van der Waals surface area contributed by atoms with Gasteiger partial charge in [0.25, 0.3) is 0 Å². The summed E-state index contributed by atoms with van der Waals surface area (Å²) in [6, 6.07) is 10.2. The summed E-state index contributed by atoms with van der Waals surface area (Å²) >= 11 is 0. The van der Waals surface area contributed by atoms with Gasteiger partial charge in [0.05, 0.1) is 6.54 Å². The van der Waals surface area contributed by atoms with E-state index in [1.165, 1.54) is 32.2 Å².